The SMILES string of the molecule is CCCCCCOc1cc(-c2nc3c(CBr)cccc3o2)c(C)cc1-c1nc2cc(C(C)(C)C)ccc2o1. The van der Waals surface area contributed by atoms with Crippen molar-refractivity contribution in [1.82, 2.24) is 9.97 Å². The molecule has 0 saturated heterocycles. The summed E-state index contributed by atoms with van der Waals surface area (Å²) in [6.45, 7) is 11.5. The molecule has 0 saturated carbocycles. The Hall–Kier alpha value is -3.12. The molecule has 0 atom stereocenters. The van der Waals surface area contributed by atoms with Crippen molar-refractivity contribution < 1.29 is 13.6 Å². The topological polar surface area (TPSA) is 61.3 Å². The minimum absolute atomic E-state index is 0.0343. The van der Waals surface area contributed by atoms with Gasteiger partial charge < -0.3 is 13.6 Å². The fourth-order valence-electron chi connectivity index (χ4n) is 4.65. The summed E-state index contributed by atoms with van der Waals surface area (Å²) in [5.41, 5.74) is 8.38. The summed E-state index contributed by atoms with van der Waals surface area (Å²) in [4.78, 5) is 9.74. The minimum Gasteiger partial charge on any atom is -0.493 e. The summed E-state index contributed by atoms with van der Waals surface area (Å²) in [6.07, 6.45) is 4.53. The highest BCUT2D eigenvalue weighted by atomic mass is 79.9. The summed E-state index contributed by atoms with van der Waals surface area (Å²) < 4.78 is 18.8. The van der Waals surface area contributed by atoms with E-state index in [1.165, 1.54) is 18.4 Å². The van der Waals surface area contributed by atoms with E-state index in [-0.39, 0.29) is 5.41 Å². The number of rotatable bonds is 9. The first-order valence-electron chi connectivity index (χ1n) is 13.4. The van der Waals surface area contributed by atoms with Crippen LogP contribution in [0.4, 0.5) is 0 Å². The predicted octanol–water partition coefficient (Wildman–Crippen LogP) is 9.76. The summed E-state index contributed by atoms with van der Waals surface area (Å²) in [5.74, 6) is 1.87. The van der Waals surface area contributed by atoms with Crippen LogP contribution in [0.3, 0.4) is 0 Å². The standard InChI is InChI=1S/C32H35BrN2O3/c1-6-7-8-9-15-36-28-18-23(30-35-29-21(19-33)11-10-12-27(29)38-30)20(2)16-24(28)31-34-25-17-22(32(3,4)5)13-14-26(25)37-31/h10-14,16-18H,6-9,15,19H2,1-5H3. The zero-order chi connectivity index (χ0) is 26.9. The van der Waals surface area contributed by atoms with Gasteiger partial charge in [-0.2, -0.15) is 0 Å². The molecular formula is C32H35BrN2O3. The molecule has 2 aromatic heterocycles. The Morgan fingerprint density at radius 1 is 0.868 bits per heavy atom. The highest BCUT2D eigenvalue weighted by Crippen LogP contribution is 2.39. The fourth-order valence-corrected chi connectivity index (χ4v) is 5.11. The van der Waals surface area contributed by atoms with Crippen molar-refractivity contribution in [3.05, 3.63) is 65.2 Å². The molecule has 0 aliphatic carbocycles. The highest BCUT2D eigenvalue weighted by molar-refractivity contribution is 9.08. The maximum atomic E-state index is 6.37. The molecule has 0 bridgehead atoms. The van der Waals surface area contributed by atoms with Crippen LogP contribution in [0.1, 0.15) is 70.1 Å². The van der Waals surface area contributed by atoms with E-state index in [2.05, 4.69) is 74.8 Å². The Morgan fingerprint density at radius 2 is 1.66 bits per heavy atom. The van der Waals surface area contributed by atoms with Gasteiger partial charge >= 0.3 is 0 Å². The van der Waals surface area contributed by atoms with Crippen LogP contribution in [-0.4, -0.2) is 16.6 Å². The van der Waals surface area contributed by atoms with Crippen LogP contribution >= 0.6 is 15.9 Å². The third-order valence-electron chi connectivity index (χ3n) is 6.94. The van der Waals surface area contributed by atoms with Crippen LogP contribution in [0.2, 0.25) is 0 Å². The normalized spacial score (nSPS) is 12.1. The number of unbranched alkanes of at least 4 members (excludes halogenated alkanes) is 3. The molecule has 0 amide bonds. The molecule has 6 heteroatoms. The second-order valence-electron chi connectivity index (χ2n) is 10.9. The molecule has 198 valence electrons. The summed E-state index contributed by atoms with van der Waals surface area (Å²) in [7, 11) is 0. The number of benzene rings is 3. The maximum absolute atomic E-state index is 6.37. The number of hydrogen-bond donors (Lipinski definition) is 0. The molecule has 0 aliphatic heterocycles. The minimum atomic E-state index is 0.0343. The third-order valence-corrected chi connectivity index (χ3v) is 7.55. The number of halogens is 1. The van der Waals surface area contributed by atoms with Gasteiger partial charge in [-0.15, -0.1) is 0 Å². The van der Waals surface area contributed by atoms with Crippen molar-refractivity contribution >= 4 is 38.1 Å². The smallest absolute Gasteiger partial charge is 0.231 e. The number of oxazole rings is 2. The number of ether oxygens (including phenoxy) is 1. The molecular weight excluding hydrogens is 540 g/mol. The van der Waals surface area contributed by atoms with E-state index in [0.717, 1.165) is 68.4 Å². The second kappa shape index (κ2) is 10.9. The maximum Gasteiger partial charge on any atom is 0.231 e. The number of alkyl halides is 1. The lowest BCUT2D eigenvalue weighted by Crippen LogP contribution is -2.10. The van der Waals surface area contributed by atoms with Crippen LogP contribution in [0.15, 0.2) is 57.4 Å². The average molecular weight is 576 g/mol. The molecule has 5 rings (SSSR count). The average Bonchev–Trinajstić information content (AvgIpc) is 3.52. The predicted molar refractivity (Wildman–Crippen MR) is 158 cm³/mol. The molecule has 5 aromatic rings. The van der Waals surface area contributed by atoms with Crippen molar-refractivity contribution in [1.29, 1.82) is 0 Å². The molecule has 0 spiro atoms. The molecule has 5 nitrogen and oxygen atoms in total. The first kappa shape index (κ1) is 26.5. The molecule has 0 N–H and O–H groups in total. The molecule has 38 heavy (non-hydrogen) atoms. The Kier molecular flexibility index (Phi) is 7.62. The first-order valence-corrected chi connectivity index (χ1v) is 14.5. The number of aryl methyl sites for hydroxylation is 1. The van der Waals surface area contributed by atoms with Gasteiger partial charge in [0.15, 0.2) is 11.2 Å². The summed E-state index contributed by atoms with van der Waals surface area (Å²) in [5, 5.41) is 0.717. The zero-order valence-corrected chi connectivity index (χ0v) is 24.4. The Morgan fingerprint density at radius 3 is 2.42 bits per heavy atom. The number of hydrogen-bond acceptors (Lipinski definition) is 5. The number of aromatic nitrogens is 2. The van der Waals surface area contributed by atoms with E-state index >= 15 is 0 Å². The van der Waals surface area contributed by atoms with Gasteiger partial charge in [-0.3, -0.25) is 0 Å². The van der Waals surface area contributed by atoms with Gasteiger partial charge in [-0.25, -0.2) is 9.97 Å². The Labute approximate surface area is 232 Å². The number of fused-ring (bicyclic) bond motifs is 2. The first-order chi connectivity index (χ1) is 18.3. The molecule has 3 aromatic carbocycles. The third kappa shape index (κ3) is 5.37. The van der Waals surface area contributed by atoms with Gasteiger partial charge in [-0.1, -0.05) is 81.1 Å². The summed E-state index contributed by atoms with van der Waals surface area (Å²) in [6, 6.07) is 16.4. The van der Waals surface area contributed by atoms with Gasteiger partial charge in [0.1, 0.15) is 16.8 Å². The number of para-hydroxylation sites is 1. The molecule has 0 radical (unpaired) electrons. The molecule has 0 fully saturated rings. The highest BCUT2D eigenvalue weighted by Gasteiger charge is 2.21. The van der Waals surface area contributed by atoms with E-state index in [0.29, 0.717) is 18.4 Å². The van der Waals surface area contributed by atoms with Gasteiger partial charge in [0.05, 0.1) is 12.2 Å². The molecule has 2 heterocycles. The van der Waals surface area contributed by atoms with Crippen LogP contribution < -0.4 is 4.74 Å². The zero-order valence-electron chi connectivity index (χ0n) is 22.9. The lowest BCUT2D eigenvalue weighted by molar-refractivity contribution is 0.305. The van der Waals surface area contributed by atoms with Crippen molar-refractivity contribution in [3.63, 3.8) is 0 Å². The lowest BCUT2D eigenvalue weighted by atomic mass is 9.87. The van der Waals surface area contributed by atoms with Crippen LogP contribution in [0.5, 0.6) is 5.75 Å². The van der Waals surface area contributed by atoms with E-state index in [1.807, 2.05) is 24.3 Å². The molecule has 0 unspecified atom stereocenters. The van der Waals surface area contributed by atoms with Crippen molar-refractivity contribution in [2.75, 3.05) is 6.61 Å². The van der Waals surface area contributed by atoms with Gasteiger partial charge in [-0.05, 0) is 65.8 Å². The quantitative estimate of drug-likeness (QED) is 0.129. The van der Waals surface area contributed by atoms with Crippen LogP contribution in [0.25, 0.3) is 45.1 Å². The van der Waals surface area contributed by atoms with Crippen molar-refractivity contribution in [3.8, 4) is 28.7 Å². The van der Waals surface area contributed by atoms with E-state index < -0.39 is 0 Å². The van der Waals surface area contributed by atoms with Crippen LogP contribution in [-0.2, 0) is 10.7 Å². The van der Waals surface area contributed by atoms with E-state index in [9.17, 15) is 0 Å². The van der Waals surface area contributed by atoms with Crippen molar-refractivity contribution in [2.45, 2.75) is 71.0 Å². The number of nitrogens with zero attached hydrogens (tertiary/aromatic N) is 2. The Bertz CT molecular complexity index is 1580. The Balaban J connectivity index is 1.58. The van der Waals surface area contributed by atoms with Crippen LogP contribution in [0, 0.1) is 6.92 Å². The monoisotopic (exact) mass is 574 g/mol. The van der Waals surface area contributed by atoms with Crippen molar-refractivity contribution in [2.24, 2.45) is 0 Å². The lowest BCUT2D eigenvalue weighted by Gasteiger charge is -2.18. The largest absolute Gasteiger partial charge is 0.493 e. The fraction of sp³-hybridized carbons (Fsp3) is 0.375. The van der Waals surface area contributed by atoms with Gasteiger partial charge in [0.2, 0.25) is 11.8 Å². The second-order valence-corrected chi connectivity index (χ2v) is 11.5. The van der Waals surface area contributed by atoms with E-state index in [1.54, 1.807) is 0 Å². The summed E-state index contributed by atoms with van der Waals surface area (Å²) >= 11 is 3.56. The van der Waals surface area contributed by atoms with Gasteiger partial charge in [0, 0.05) is 10.9 Å². The van der Waals surface area contributed by atoms with Gasteiger partial charge in [0.25, 0.3) is 0 Å². The molecule has 0 aliphatic rings. The van der Waals surface area contributed by atoms with E-state index in [4.69, 9.17) is 23.5 Å².